The van der Waals surface area contributed by atoms with Crippen LogP contribution in [0.25, 0.3) is 21.9 Å². The van der Waals surface area contributed by atoms with Gasteiger partial charge in [-0.05, 0) is 81.6 Å². The lowest BCUT2D eigenvalue weighted by atomic mass is 9.73. The van der Waals surface area contributed by atoms with Gasteiger partial charge in [0.2, 0.25) is 0 Å². The van der Waals surface area contributed by atoms with Crippen molar-refractivity contribution in [2.45, 2.75) is 19.3 Å². The van der Waals surface area contributed by atoms with E-state index in [0.29, 0.717) is 0 Å². The maximum absolute atomic E-state index is 3.58. The largest absolute Gasteiger partial charge is 0.310 e. The monoisotopic (exact) mass is 489 g/mol. The third-order valence-corrected chi connectivity index (χ3v) is 7.37. The van der Waals surface area contributed by atoms with Gasteiger partial charge in [0.15, 0.2) is 0 Å². The van der Waals surface area contributed by atoms with Crippen molar-refractivity contribution in [3.63, 3.8) is 0 Å². The first-order valence-electron chi connectivity index (χ1n) is 11.3. The summed E-state index contributed by atoms with van der Waals surface area (Å²) < 4.78 is 1.11. The second-order valence-electron chi connectivity index (χ2n) is 9.25. The van der Waals surface area contributed by atoms with E-state index in [4.69, 9.17) is 0 Å². The second-order valence-corrected chi connectivity index (χ2v) is 10.2. The fraction of sp³-hybridized carbons (Fsp3) is 0.0968. The lowest BCUT2D eigenvalue weighted by Gasteiger charge is -2.42. The molecule has 0 saturated heterocycles. The summed E-state index contributed by atoms with van der Waals surface area (Å²) in [5.41, 5.74) is 8.77. The van der Waals surface area contributed by atoms with Crippen LogP contribution >= 0.6 is 15.9 Å². The second kappa shape index (κ2) is 7.60. The zero-order chi connectivity index (χ0) is 22.6. The molecular weight excluding hydrogens is 466 g/mol. The third kappa shape index (κ3) is 3.29. The topological polar surface area (TPSA) is 3.24 Å². The Morgan fingerprint density at radius 1 is 0.576 bits per heavy atom. The number of para-hydroxylation sites is 2. The van der Waals surface area contributed by atoms with Crippen LogP contribution in [0.15, 0.2) is 114 Å². The van der Waals surface area contributed by atoms with Gasteiger partial charge in [0.1, 0.15) is 0 Å². The molecule has 2 heteroatoms. The Kier molecular flexibility index (Phi) is 4.67. The van der Waals surface area contributed by atoms with E-state index >= 15 is 0 Å². The van der Waals surface area contributed by atoms with Gasteiger partial charge in [0.25, 0.3) is 0 Å². The number of fused-ring (bicyclic) bond motifs is 3. The van der Waals surface area contributed by atoms with Crippen LogP contribution in [0.1, 0.15) is 25.0 Å². The molecule has 0 aliphatic carbocycles. The molecule has 5 aromatic rings. The minimum atomic E-state index is -0.102. The Balaban J connectivity index is 1.55. The van der Waals surface area contributed by atoms with Crippen molar-refractivity contribution in [3.8, 4) is 11.1 Å². The van der Waals surface area contributed by atoms with E-state index in [1.807, 2.05) is 0 Å². The van der Waals surface area contributed by atoms with Crippen molar-refractivity contribution >= 4 is 43.8 Å². The van der Waals surface area contributed by atoms with Crippen LogP contribution in [0.3, 0.4) is 0 Å². The first kappa shape index (κ1) is 20.3. The Bertz CT molecular complexity index is 1500. The quantitative estimate of drug-likeness (QED) is 0.238. The van der Waals surface area contributed by atoms with Gasteiger partial charge in [0, 0.05) is 15.6 Å². The summed E-state index contributed by atoms with van der Waals surface area (Å²) in [4.78, 5) is 2.40. The summed E-state index contributed by atoms with van der Waals surface area (Å²) in [6, 6.07) is 39.6. The van der Waals surface area contributed by atoms with E-state index in [1.165, 1.54) is 50.1 Å². The van der Waals surface area contributed by atoms with Crippen molar-refractivity contribution in [2.24, 2.45) is 0 Å². The van der Waals surface area contributed by atoms with E-state index in [2.05, 4.69) is 144 Å². The summed E-state index contributed by atoms with van der Waals surface area (Å²) in [7, 11) is 0. The number of halogens is 1. The predicted molar refractivity (Wildman–Crippen MR) is 144 cm³/mol. The molecule has 33 heavy (non-hydrogen) atoms. The number of nitrogens with zero attached hydrogens (tertiary/aromatic N) is 1. The molecule has 0 bridgehead atoms. The van der Waals surface area contributed by atoms with E-state index in [0.717, 1.165) is 4.47 Å². The summed E-state index contributed by atoms with van der Waals surface area (Å²) in [6.07, 6.45) is 0. The van der Waals surface area contributed by atoms with Crippen LogP contribution in [0.4, 0.5) is 17.1 Å². The molecule has 0 saturated carbocycles. The fourth-order valence-corrected chi connectivity index (χ4v) is 5.51. The van der Waals surface area contributed by atoms with Crippen LogP contribution in [0.5, 0.6) is 0 Å². The predicted octanol–water partition coefficient (Wildman–Crippen LogP) is 9.38. The molecule has 0 radical (unpaired) electrons. The van der Waals surface area contributed by atoms with Gasteiger partial charge < -0.3 is 4.90 Å². The number of benzene rings is 5. The average molecular weight is 490 g/mol. The highest BCUT2D eigenvalue weighted by atomic mass is 79.9. The van der Waals surface area contributed by atoms with Gasteiger partial charge in [-0.2, -0.15) is 0 Å². The third-order valence-electron chi connectivity index (χ3n) is 6.88. The normalized spacial score (nSPS) is 14.1. The molecule has 0 atom stereocenters. The zero-order valence-corrected chi connectivity index (χ0v) is 20.3. The van der Waals surface area contributed by atoms with Gasteiger partial charge in [-0.3, -0.25) is 0 Å². The summed E-state index contributed by atoms with van der Waals surface area (Å²) >= 11 is 3.58. The Labute approximate surface area is 203 Å². The number of anilines is 3. The first-order valence-corrected chi connectivity index (χ1v) is 12.1. The minimum absolute atomic E-state index is 0.102. The molecular formula is C31H24BrN. The summed E-state index contributed by atoms with van der Waals surface area (Å²) in [5, 5.41) is 2.50. The standard InChI is InChI=1S/C31H24BrN/c1-31(2)27-10-6-7-11-29(27)33(26-8-4-3-5-9-26)30-17-15-24(20-28(30)31)21-12-13-23-19-25(32)16-14-22(23)18-21/h3-20H,1-2H3. The highest BCUT2D eigenvalue weighted by Crippen LogP contribution is 2.52. The Morgan fingerprint density at radius 3 is 2.06 bits per heavy atom. The van der Waals surface area contributed by atoms with Gasteiger partial charge >= 0.3 is 0 Å². The molecule has 1 aliphatic rings. The van der Waals surface area contributed by atoms with Crippen molar-refractivity contribution in [1.82, 2.24) is 0 Å². The molecule has 1 nitrogen and oxygen atoms in total. The van der Waals surface area contributed by atoms with Crippen molar-refractivity contribution < 1.29 is 0 Å². The van der Waals surface area contributed by atoms with Crippen LogP contribution in [0, 0.1) is 0 Å². The Hall–Kier alpha value is -3.36. The molecule has 5 aromatic carbocycles. The smallest absolute Gasteiger partial charge is 0.0503 e. The van der Waals surface area contributed by atoms with Gasteiger partial charge in [-0.1, -0.05) is 90.4 Å². The van der Waals surface area contributed by atoms with Crippen LogP contribution in [-0.4, -0.2) is 0 Å². The van der Waals surface area contributed by atoms with Crippen LogP contribution in [0.2, 0.25) is 0 Å². The maximum atomic E-state index is 3.58. The molecule has 1 aliphatic heterocycles. The summed E-state index contributed by atoms with van der Waals surface area (Å²) in [5.74, 6) is 0. The molecule has 0 N–H and O–H groups in total. The van der Waals surface area contributed by atoms with Gasteiger partial charge in [-0.25, -0.2) is 0 Å². The molecule has 160 valence electrons. The number of rotatable bonds is 2. The molecule has 0 amide bonds. The van der Waals surface area contributed by atoms with E-state index < -0.39 is 0 Å². The van der Waals surface area contributed by atoms with Crippen LogP contribution < -0.4 is 4.90 Å². The first-order chi connectivity index (χ1) is 16.0. The summed E-state index contributed by atoms with van der Waals surface area (Å²) in [6.45, 7) is 4.68. The molecule has 1 heterocycles. The lowest BCUT2D eigenvalue weighted by molar-refractivity contribution is 0.632. The average Bonchev–Trinajstić information content (AvgIpc) is 2.84. The van der Waals surface area contributed by atoms with Crippen molar-refractivity contribution in [3.05, 3.63) is 125 Å². The molecule has 0 spiro atoms. The fourth-order valence-electron chi connectivity index (χ4n) is 5.13. The molecule has 0 fully saturated rings. The van der Waals surface area contributed by atoms with Gasteiger partial charge in [-0.15, -0.1) is 0 Å². The van der Waals surface area contributed by atoms with E-state index in [9.17, 15) is 0 Å². The molecule has 0 aromatic heterocycles. The van der Waals surface area contributed by atoms with Gasteiger partial charge in [0.05, 0.1) is 11.4 Å². The van der Waals surface area contributed by atoms with Crippen LogP contribution in [-0.2, 0) is 5.41 Å². The molecule has 0 unspecified atom stereocenters. The SMILES string of the molecule is CC1(C)c2ccccc2N(c2ccccc2)c2ccc(-c3ccc4cc(Br)ccc4c3)cc21. The van der Waals surface area contributed by atoms with Crippen molar-refractivity contribution in [2.75, 3.05) is 4.90 Å². The minimum Gasteiger partial charge on any atom is -0.310 e. The Morgan fingerprint density at radius 2 is 1.21 bits per heavy atom. The molecule has 6 rings (SSSR count). The lowest BCUT2D eigenvalue weighted by Crippen LogP contribution is -2.30. The van der Waals surface area contributed by atoms with E-state index in [-0.39, 0.29) is 5.41 Å². The number of hydrogen-bond donors (Lipinski definition) is 0. The van der Waals surface area contributed by atoms with Crippen molar-refractivity contribution in [1.29, 1.82) is 0 Å². The zero-order valence-electron chi connectivity index (χ0n) is 18.7. The van der Waals surface area contributed by atoms with E-state index in [1.54, 1.807) is 0 Å². The highest BCUT2D eigenvalue weighted by molar-refractivity contribution is 9.10. The maximum Gasteiger partial charge on any atom is 0.0503 e. The number of hydrogen-bond acceptors (Lipinski definition) is 1. The highest BCUT2D eigenvalue weighted by Gasteiger charge is 2.36.